The van der Waals surface area contributed by atoms with Crippen LogP contribution in [0.5, 0.6) is 11.5 Å². The van der Waals surface area contributed by atoms with Gasteiger partial charge in [0.25, 0.3) is 0 Å². The van der Waals surface area contributed by atoms with Crippen LogP contribution in [0.4, 0.5) is 0 Å². The molecule has 6 nitrogen and oxygen atoms in total. The van der Waals surface area contributed by atoms with Crippen LogP contribution >= 0.6 is 0 Å². The molecule has 144 valence electrons. The second-order valence-electron chi connectivity index (χ2n) is 8.18. The average Bonchev–Trinajstić information content (AvgIpc) is 3.01. The predicted octanol–water partition coefficient (Wildman–Crippen LogP) is 2.11. The quantitative estimate of drug-likeness (QED) is 0.759. The predicted molar refractivity (Wildman–Crippen MR) is 97.5 cm³/mol. The zero-order chi connectivity index (χ0) is 18.9. The lowest BCUT2D eigenvalue weighted by molar-refractivity contribution is -0.138. The van der Waals surface area contributed by atoms with Gasteiger partial charge < -0.3 is 19.1 Å². The zero-order valence-corrected chi connectivity index (χ0v) is 16.0. The molecule has 4 aliphatic rings. The highest BCUT2D eigenvalue weighted by Crippen LogP contribution is 2.63. The van der Waals surface area contributed by atoms with Crippen molar-refractivity contribution in [3.05, 3.63) is 22.8 Å². The molecule has 1 saturated heterocycles. The third-order valence-corrected chi connectivity index (χ3v) is 7.22. The van der Waals surface area contributed by atoms with Crippen LogP contribution in [0, 0.1) is 5.92 Å². The maximum atomic E-state index is 12.9. The summed E-state index contributed by atoms with van der Waals surface area (Å²) in [5.74, 6) is 1.43. The number of Topliss-reactive ketones (excluding diaryl/α,β-unsaturated/α-hetero) is 1. The number of rotatable bonds is 3. The van der Waals surface area contributed by atoms with E-state index >= 15 is 0 Å². The monoisotopic (exact) mass is 371 g/mol. The summed E-state index contributed by atoms with van der Waals surface area (Å²) in [6.45, 7) is 3.07. The summed E-state index contributed by atoms with van der Waals surface area (Å²) in [5, 5.41) is 0. The summed E-state index contributed by atoms with van der Waals surface area (Å²) in [6, 6.07) is 2.05. The van der Waals surface area contributed by atoms with E-state index in [1.54, 1.807) is 13.2 Å². The third kappa shape index (κ3) is 1.99. The van der Waals surface area contributed by atoms with Crippen molar-refractivity contribution >= 4 is 11.8 Å². The molecule has 0 unspecified atom stereocenters. The van der Waals surface area contributed by atoms with E-state index in [0.29, 0.717) is 42.0 Å². The summed E-state index contributed by atoms with van der Waals surface area (Å²) in [7, 11) is 3.73. The van der Waals surface area contributed by atoms with Gasteiger partial charge in [0.2, 0.25) is 0 Å². The lowest BCUT2D eigenvalue weighted by Crippen LogP contribution is -2.65. The van der Waals surface area contributed by atoms with Gasteiger partial charge in [0, 0.05) is 23.4 Å². The number of nitrogens with zero attached hydrogens (tertiary/aromatic N) is 1. The molecule has 0 N–H and O–H groups in total. The molecular formula is C21H25NO5. The van der Waals surface area contributed by atoms with E-state index in [4.69, 9.17) is 14.2 Å². The van der Waals surface area contributed by atoms with E-state index in [1.165, 1.54) is 0 Å². The lowest BCUT2D eigenvalue weighted by atomic mass is 9.51. The highest BCUT2D eigenvalue weighted by Gasteiger charge is 2.66. The normalized spacial score (nSPS) is 33.3. The first-order valence-electron chi connectivity index (χ1n) is 9.84. The summed E-state index contributed by atoms with van der Waals surface area (Å²) in [6.07, 6.45) is 2.66. The Labute approximate surface area is 158 Å². The molecule has 4 atom stereocenters. The topological polar surface area (TPSA) is 65.1 Å². The van der Waals surface area contributed by atoms with Crippen LogP contribution in [0.25, 0.3) is 0 Å². The van der Waals surface area contributed by atoms with Crippen molar-refractivity contribution in [3.63, 3.8) is 0 Å². The number of hydrogen-bond donors (Lipinski definition) is 0. The van der Waals surface area contributed by atoms with Crippen LogP contribution < -0.4 is 9.47 Å². The fourth-order valence-electron chi connectivity index (χ4n) is 6.13. The van der Waals surface area contributed by atoms with E-state index in [1.807, 2.05) is 6.92 Å². The number of benzene rings is 1. The van der Waals surface area contributed by atoms with Gasteiger partial charge in [0.1, 0.15) is 0 Å². The second kappa shape index (κ2) is 5.71. The molecule has 1 aromatic rings. The minimum atomic E-state index is -0.451. The van der Waals surface area contributed by atoms with Crippen molar-refractivity contribution in [3.8, 4) is 11.5 Å². The Kier molecular flexibility index (Phi) is 3.60. The number of likely N-dealkylation sites (tertiary alicyclic amines) is 1. The van der Waals surface area contributed by atoms with Crippen LogP contribution in [-0.4, -0.2) is 56.1 Å². The van der Waals surface area contributed by atoms with Crippen LogP contribution in [0.3, 0.4) is 0 Å². The minimum Gasteiger partial charge on any atom is -0.493 e. The maximum Gasteiger partial charge on any atom is 0.338 e. The first-order valence-corrected chi connectivity index (χ1v) is 9.84. The van der Waals surface area contributed by atoms with Crippen LogP contribution in [0.15, 0.2) is 6.07 Å². The molecule has 1 spiro atoms. The van der Waals surface area contributed by atoms with Gasteiger partial charge in [-0.3, -0.25) is 4.79 Å². The number of ketones is 1. The Morgan fingerprint density at radius 3 is 3.00 bits per heavy atom. The fourth-order valence-corrected chi connectivity index (χ4v) is 6.13. The van der Waals surface area contributed by atoms with Gasteiger partial charge in [-0.1, -0.05) is 0 Å². The molecule has 0 aromatic heterocycles. The highest BCUT2D eigenvalue weighted by atomic mass is 16.5. The first-order chi connectivity index (χ1) is 13.0. The molecule has 6 heteroatoms. The first kappa shape index (κ1) is 17.0. The van der Waals surface area contributed by atoms with E-state index < -0.39 is 6.10 Å². The number of methoxy groups -OCH3 is 1. The molecule has 2 aliphatic carbocycles. The Morgan fingerprint density at radius 2 is 2.26 bits per heavy atom. The molecule has 0 radical (unpaired) electrons. The van der Waals surface area contributed by atoms with Gasteiger partial charge in [-0.05, 0) is 57.3 Å². The summed E-state index contributed by atoms with van der Waals surface area (Å²) in [4.78, 5) is 28.0. The number of hydrogen-bond acceptors (Lipinski definition) is 6. The molecule has 0 amide bonds. The van der Waals surface area contributed by atoms with Gasteiger partial charge in [-0.15, -0.1) is 0 Å². The molecule has 2 heterocycles. The Bertz CT molecular complexity index is 849. The lowest BCUT2D eigenvalue weighted by Gasteiger charge is -2.57. The van der Waals surface area contributed by atoms with Crippen molar-refractivity contribution in [1.29, 1.82) is 0 Å². The van der Waals surface area contributed by atoms with E-state index in [2.05, 4.69) is 11.9 Å². The summed E-state index contributed by atoms with van der Waals surface area (Å²) < 4.78 is 17.2. The largest absolute Gasteiger partial charge is 0.493 e. The van der Waals surface area contributed by atoms with Crippen LogP contribution in [0.1, 0.15) is 47.7 Å². The Balaban J connectivity index is 1.80. The number of carbonyl (C=O) groups excluding carboxylic acids is 2. The van der Waals surface area contributed by atoms with Gasteiger partial charge in [-0.25, -0.2) is 4.79 Å². The Morgan fingerprint density at radius 1 is 1.44 bits per heavy atom. The second-order valence-corrected chi connectivity index (χ2v) is 8.18. The molecule has 2 aliphatic heterocycles. The molecule has 5 rings (SSSR count). The molecule has 2 fully saturated rings. The van der Waals surface area contributed by atoms with Crippen molar-refractivity contribution in [2.24, 2.45) is 5.92 Å². The number of ether oxygens (including phenoxy) is 3. The zero-order valence-electron chi connectivity index (χ0n) is 16.0. The van der Waals surface area contributed by atoms with Crippen LogP contribution in [-0.2, 0) is 21.4 Å². The molecular weight excluding hydrogens is 346 g/mol. The van der Waals surface area contributed by atoms with Gasteiger partial charge >= 0.3 is 5.97 Å². The van der Waals surface area contributed by atoms with E-state index in [-0.39, 0.29) is 17.2 Å². The van der Waals surface area contributed by atoms with E-state index in [9.17, 15) is 9.59 Å². The number of esters is 1. The molecule has 1 aromatic carbocycles. The van der Waals surface area contributed by atoms with E-state index in [0.717, 1.165) is 36.9 Å². The van der Waals surface area contributed by atoms with Crippen molar-refractivity contribution < 1.29 is 23.8 Å². The Hall–Kier alpha value is -2.08. The standard InChI is InChI=1S/C21H25NO5/c1-4-26-20(24)12-10-16(25-3)18-17-11(12)9-14-13-5-6-15(23)19(27-18)21(13,17)7-8-22(14)2/h10,13-14,19H,4-9H2,1-3H3/t13-,14+,19-,21-/m0/s1. The fraction of sp³-hybridized carbons (Fsp3) is 0.619. The van der Waals surface area contributed by atoms with Crippen molar-refractivity contribution in [1.82, 2.24) is 4.90 Å². The van der Waals surface area contributed by atoms with Crippen molar-refractivity contribution in [2.45, 2.75) is 50.2 Å². The maximum absolute atomic E-state index is 12.9. The smallest absolute Gasteiger partial charge is 0.338 e. The minimum absolute atomic E-state index is 0.179. The third-order valence-electron chi connectivity index (χ3n) is 7.22. The van der Waals surface area contributed by atoms with Gasteiger partial charge in [0.05, 0.1) is 19.3 Å². The summed E-state index contributed by atoms with van der Waals surface area (Å²) >= 11 is 0. The SMILES string of the molecule is CCOC(=O)c1cc(OC)c2c3c1C[C@@H]1[C@@H]4CCC(=O)[C@H](O2)[C@]34CCN1C. The molecule has 1 saturated carbocycles. The number of likely N-dealkylation sites (N-methyl/N-ethyl adjacent to an activating group) is 1. The van der Waals surface area contributed by atoms with Gasteiger partial charge in [0.15, 0.2) is 23.4 Å². The molecule has 27 heavy (non-hydrogen) atoms. The summed E-state index contributed by atoms with van der Waals surface area (Å²) in [5.41, 5.74) is 2.28. The highest BCUT2D eigenvalue weighted by molar-refractivity contribution is 5.95. The number of carbonyl (C=O) groups is 2. The molecule has 2 bridgehead atoms. The van der Waals surface area contributed by atoms with Gasteiger partial charge in [-0.2, -0.15) is 0 Å². The van der Waals surface area contributed by atoms with Crippen molar-refractivity contribution in [2.75, 3.05) is 27.3 Å². The number of piperidine rings is 1. The van der Waals surface area contributed by atoms with Crippen LogP contribution in [0.2, 0.25) is 0 Å². The average molecular weight is 371 g/mol.